The summed E-state index contributed by atoms with van der Waals surface area (Å²) < 4.78 is 0. The van der Waals surface area contributed by atoms with Crippen molar-refractivity contribution in [3.63, 3.8) is 0 Å². The third-order valence-electron chi connectivity index (χ3n) is 1.55. The molecule has 2 aromatic rings. The minimum atomic E-state index is 0.662. The second-order valence-electron chi connectivity index (χ2n) is 2.40. The van der Waals surface area contributed by atoms with E-state index in [-0.39, 0.29) is 0 Å². The maximum Gasteiger partial charge on any atom is 0.184 e. The van der Waals surface area contributed by atoms with E-state index in [9.17, 15) is 0 Å². The molecule has 0 aromatic carbocycles. The number of terminal acetylenes is 1. The van der Waals surface area contributed by atoms with E-state index in [1.807, 2.05) is 6.92 Å². The summed E-state index contributed by atoms with van der Waals surface area (Å²) in [6.45, 7) is 1.94. The van der Waals surface area contributed by atoms with Gasteiger partial charge in [-0.25, -0.2) is 9.97 Å². The molecule has 0 aliphatic heterocycles. The Balaban J connectivity index is 2.50. The summed E-state index contributed by atoms with van der Waals surface area (Å²) in [7, 11) is 0. The fraction of sp³-hybridized carbons (Fsp3) is 0.125. The number of hydrogen-bond acceptors (Lipinski definition) is 4. The van der Waals surface area contributed by atoms with E-state index in [1.54, 1.807) is 0 Å². The third kappa shape index (κ3) is 1.32. The van der Waals surface area contributed by atoms with Crippen molar-refractivity contribution in [1.29, 1.82) is 0 Å². The van der Waals surface area contributed by atoms with Crippen molar-refractivity contribution in [2.45, 2.75) is 6.92 Å². The molecule has 0 fully saturated rings. The van der Waals surface area contributed by atoms with Crippen LogP contribution >= 0.6 is 11.3 Å². The molecule has 1 N–H and O–H groups in total. The first-order valence-electron chi connectivity index (χ1n) is 3.61. The zero-order chi connectivity index (χ0) is 9.26. The number of aryl methyl sites for hydroxylation is 1. The summed E-state index contributed by atoms with van der Waals surface area (Å²) >= 11 is 1.51. The van der Waals surface area contributed by atoms with Crippen molar-refractivity contribution in [3.8, 4) is 23.2 Å². The molecule has 0 saturated heterocycles. The topological polar surface area (TPSA) is 54.5 Å². The van der Waals surface area contributed by atoms with Crippen LogP contribution in [0.5, 0.6) is 0 Å². The van der Waals surface area contributed by atoms with Crippen LogP contribution in [0, 0.1) is 19.3 Å². The normalized spacial score (nSPS) is 9.85. The number of nitrogens with zero attached hydrogens (tertiary/aromatic N) is 3. The van der Waals surface area contributed by atoms with Crippen LogP contribution in [0.1, 0.15) is 10.6 Å². The Morgan fingerprint density at radius 2 is 2.46 bits per heavy atom. The number of H-pyrrole nitrogens is 1. The first kappa shape index (κ1) is 7.95. The van der Waals surface area contributed by atoms with E-state index in [0.29, 0.717) is 11.5 Å². The summed E-state index contributed by atoms with van der Waals surface area (Å²) in [4.78, 5) is 9.23. The standard InChI is InChI=1S/C8H6N4S/c1-3-6-5(2)13-8(11-6)7-9-4-10-12-7/h1,4H,2H3,(H,9,10,12). The van der Waals surface area contributed by atoms with Gasteiger partial charge in [0.15, 0.2) is 10.8 Å². The van der Waals surface area contributed by atoms with Gasteiger partial charge < -0.3 is 0 Å². The van der Waals surface area contributed by atoms with Gasteiger partial charge in [-0.15, -0.1) is 17.8 Å². The zero-order valence-corrected chi connectivity index (χ0v) is 7.72. The first-order chi connectivity index (χ1) is 6.31. The predicted octanol–water partition coefficient (Wildman–Crippen LogP) is 1.22. The molecule has 2 rings (SSSR count). The van der Waals surface area contributed by atoms with Crippen molar-refractivity contribution < 1.29 is 0 Å². The van der Waals surface area contributed by atoms with Gasteiger partial charge in [-0.3, -0.25) is 5.10 Å². The summed E-state index contributed by atoms with van der Waals surface area (Å²) in [5.74, 6) is 3.18. The maximum absolute atomic E-state index is 5.27. The SMILES string of the molecule is C#Cc1nc(-c2ncn[nH]2)sc1C. The largest absolute Gasteiger partial charge is 0.257 e. The van der Waals surface area contributed by atoms with Crippen LogP contribution in [0.3, 0.4) is 0 Å². The highest BCUT2D eigenvalue weighted by molar-refractivity contribution is 7.15. The second-order valence-corrected chi connectivity index (χ2v) is 3.61. The van der Waals surface area contributed by atoms with Crippen LogP contribution in [0.15, 0.2) is 6.33 Å². The van der Waals surface area contributed by atoms with Crippen molar-refractivity contribution in [2.75, 3.05) is 0 Å². The van der Waals surface area contributed by atoms with Crippen molar-refractivity contribution in [2.24, 2.45) is 0 Å². The van der Waals surface area contributed by atoms with Gasteiger partial charge in [0.25, 0.3) is 0 Å². The number of aromatic amines is 1. The molecule has 0 spiro atoms. The Bertz CT molecular complexity index is 449. The molecular formula is C8H6N4S. The monoisotopic (exact) mass is 190 g/mol. The van der Waals surface area contributed by atoms with Crippen LogP contribution < -0.4 is 0 Å². The van der Waals surface area contributed by atoms with Gasteiger partial charge in [0.1, 0.15) is 12.0 Å². The molecule has 64 valence electrons. The minimum absolute atomic E-state index is 0.662. The molecule has 13 heavy (non-hydrogen) atoms. The fourth-order valence-electron chi connectivity index (χ4n) is 0.940. The smallest absolute Gasteiger partial charge is 0.184 e. The lowest BCUT2D eigenvalue weighted by Gasteiger charge is -1.83. The molecule has 0 aliphatic carbocycles. The average Bonchev–Trinajstić information content (AvgIpc) is 2.71. The summed E-state index contributed by atoms with van der Waals surface area (Å²) in [6, 6.07) is 0. The van der Waals surface area contributed by atoms with Crippen LogP contribution in [0.4, 0.5) is 0 Å². The van der Waals surface area contributed by atoms with Gasteiger partial charge in [0, 0.05) is 4.88 Å². The van der Waals surface area contributed by atoms with Crippen molar-refractivity contribution in [3.05, 3.63) is 16.9 Å². The summed E-state index contributed by atoms with van der Waals surface area (Å²) in [5, 5.41) is 7.26. The Kier molecular flexibility index (Phi) is 1.83. The van der Waals surface area contributed by atoms with E-state index in [2.05, 4.69) is 26.1 Å². The lowest BCUT2D eigenvalue weighted by molar-refractivity contribution is 1.09. The number of thiazole rings is 1. The average molecular weight is 190 g/mol. The number of rotatable bonds is 1. The number of aromatic nitrogens is 4. The summed E-state index contributed by atoms with van der Waals surface area (Å²) in [5.41, 5.74) is 0.677. The lowest BCUT2D eigenvalue weighted by Crippen LogP contribution is -1.80. The second kappa shape index (κ2) is 2.99. The molecule has 4 nitrogen and oxygen atoms in total. The van der Waals surface area contributed by atoms with E-state index in [1.165, 1.54) is 17.7 Å². The fourth-order valence-corrected chi connectivity index (χ4v) is 1.76. The van der Waals surface area contributed by atoms with Crippen LogP contribution in [-0.4, -0.2) is 20.2 Å². The quantitative estimate of drug-likeness (QED) is 0.688. The van der Waals surface area contributed by atoms with Gasteiger partial charge >= 0.3 is 0 Å². The van der Waals surface area contributed by atoms with Crippen LogP contribution in [0.25, 0.3) is 10.8 Å². The lowest BCUT2D eigenvalue weighted by atomic mass is 10.4. The van der Waals surface area contributed by atoms with Gasteiger partial charge in [0.2, 0.25) is 0 Å². The molecule has 0 atom stereocenters. The van der Waals surface area contributed by atoms with Gasteiger partial charge in [-0.05, 0) is 12.8 Å². The highest BCUT2D eigenvalue weighted by atomic mass is 32.1. The van der Waals surface area contributed by atoms with Crippen LogP contribution in [0.2, 0.25) is 0 Å². The molecule has 0 amide bonds. The molecule has 2 heterocycles. The summed E-state index contributed by atoms with van der Waals surface area (Å²) in [6.07, 6.45) is 6.71. The predicted molar refractivity (Wildman–Crippen MR) is 50.2 cm³/mol. The van der Waals surface area contributed by atoms with Crippen molar-refractivity contribution in [1.82, 2.24) is 20.2 Å². The van der Waals surface area contributed by atoms with E-state index < -0.39 is 0 Å². The van der Waals surface area contributed by atoms with Gasteiger partial charge in [-0.1, -0.05) is 0 Å². The molecule has 0 aliphatic rings. The van der Waals surface area contributed by atoms with E-state index in [0.717, 1.165) is 9.88 Å². The molecule has 0 saturated carbocycles. The molecule has 0 bridgehead atoms. The molecular weight excluding hydrogens is 184 g/mol. The zero-order valence-electron chi connectivity index (χ0n) is 6.90. The minimum Gasteiger partial charge on any atom is -0.257 e. The molecule has 2 aromatic heterocycles. The first-order valence-corrected chi connectivity index (χ1v) is 4.42. The Hall–Kier alpha value is -1.67. The number of hydrogen-bond donors (Lipinski definition) is 1. The van der Waals surface area contributed by atoms with E-state index >= 15 is 0 Å². The van der Waals surface area contributed by atoms with Gasteiger partial charge in [0.05, 0.1) is 0 Å². The highest BCUT2D eigenvalue weighted by Crippen LogP contribution is 2.23. The Morgan fingerprint density at radius 3 is 3.00 bits per heavy atom. The molecule has 0 unspecified atom stereocenters. The Morgan fingerprint density at radius 1 is 1.62 bits per heavy atom. The van der Waals surface area contributed by atoms with Crippen LogP contribution in [-0.2, 0) is 0 Å². The Labute approximate surface area is 79.1 Å². The number of nitrogens with one attached hydrogen (secondary N) is 1. The third-order valence-corrected chi connectivity index (χ3v) is 2.53. The maximum atomic E-state index is 5.27. The van der Waals surface area contributed by atoms with E-state index in [4.69, 9.17) is 6.42 Å². The van der Waals surface area contributed by atoms with Crippen molar-refractivity contribution >= 4 is 11.3 Å². The highest BCUT2D eigenvalue weighted by Gasteiger charge is 2.09. The van der Waals surface area contributed by atoms with Gasteiger partial charge in [-0.2, -0.15) is 5.10 Å². The molecule has 0 radical (unpaired) electrons. The molecule has 5 heteroatoms.